The zero-order valence-electron chi connectivity index (χ0n) is 13.2. The molecule has 5 nitrogen and oxygen atoms in total. The first-order valence-electron chi connectivity index (χ1n) is 7.04. The highest BCUT2D eigenvalue weighted by Crippen LogP contribution is 2.26. The Kier molecular flexibility index (Phi) is 5.39. The van der Waals surface area contributed by atoms with E-state index in [0.717, 1.165) is 12.1 Å². The van der Waals surface area contributed by atoms with Crippen molar-refractivity contribution in [3.8, 4) is 12.3 Å². The summed E-state index contributed by atoms with van der Waals surface area (Å²) in [6, 6.07) is 7.98. The molecule has 130 valence electrons. The molecule has 0 unspecified atom stereocenters. The van der Waals surface area contributed by atoms with Gasteiger partial charge in [-0.1, -0.05) is 12.0 Å². The molecule has 25 heavy (non-hydrogen) atoms. The van der Waals surface area contributed by atoms with Crippen molar-refractivity contribution in [2.75, 3.05) is 17.9 Å². The van der Waals surface area contributed by atoms with Crippen LogP contribution in [0.5, 0.6) is 0 Å². The molecule has 0 radical (unpaired) electrons. The van der Waals surface area contributed by atoms with Crippen LogP contribution in [0.3, 0.4) is 0 Å². The maximum Gasteiger partial charge on any atom is 0.267 e. The highest BCUT2D eigenvalue weighted by atomic mass is 32.2. The van der Waals surface area contributed by atoms with Crippen LogP contribution in [0.4, 0.5) is 14.5 Å². The van der Waals surface area contributed by atoms with Crippen LogP contribution in [0, 0.1) is 24.0 Å². The summed E-state index contributed by atoms with van der Waals surface area (Å²) >= 11 is 0. The maximum atomic E-state index is 14.0. The smallest absolute Gasteiger partial charge is 0.267 e. The van der Waals surface area contributed by atoms with Gasteiger partial charge in [0.1, 0.15) is 23.1 Å². The van der Waals surface area contributed by atoms with Crippen molar-refractivity contribution in [2.45, 2.75) is 4.90 Å². The Morgan fingerprint density at radius 2 is 1.96 bits per heavy atom. The van der Waals surface area contributed by atoms with Gasteiger partial charge in [0.15, 0.2) is 0 Å². The van der Waals surface area contributed by atoms with Crippen LogP contribution in [0.2, 0.25) is 0 Å². The first kappa shape index (κ1) is 18.4. The van der Waals surface area contributed by atoms with E-state index in [4.69, 9.17) is 6.42 Å². The molecule has 2 rings (SSSR count). The number of terminal acetylenes is 1. The molecule has 0 atom stereocenters. The Balaban J connectivity index is 2.61. The molecule has 0 spiro atoms. The quantitative estimate of drug-likeness (QED) is 0.824. The zero-order chi connectivity index (χ0) is 18.6. The van der Waals surface area contributed by atoms with E-state index < -0.39 is 39.0 Å². The first-order valence-corrected chi connectivity index (χ1v) is 8.48. The average Bonchev–Trinajstić information content (AvgIpc) is 2.58. The fraction of sp³-hybridized carbons (Fsp3) is 0.118. The third-order valence-electron chi connectivity index (χ3n) is 3.33. The number of benzene rings is 2. The second kappa shape index (κ2) is 7.32. The summed E-state index contributed by atoms with van der Waals surface area (Å²) in [7, 11) is -3.13. The number of sulfonamides is 1. The minimum absolute atomic E-state index is 0.0859. The Morgan fingerprint density at radius 3 is 2.56 bits per heavy atom. The molecular formula is C17H14F2N2O3S. The summed E-state index contributed by atoms with van der Waals surface area (Å²) < 4.78 is 53.5. The van der Waals surface area contributed by atoms with E-state index in [1.807, 2.05) is 0 Å². The van der Waals surface area contributed by atoms with Crippen molar-refractivity contribution in [1.82, 2.24) is 5.32 Å². The first-order chi connectivity index (χ1) is 11.8. The van der Waals surface area contributed by atoms with Crippen LogP contribution < -0.4 is 9.62 Å². The molecule has 0 saturated heterocycles. The van der Waals surface area contributed by atoms with Gasteiger partial charge in [-0.2, -0.15) is 0 Å². The molecule has 0 aliphatic rings. The van der Waals surface area contributed by atoms with Crippen LogP contribution >= 0.6 is 0 Å². The van der Waals surface area contributed by atoms with Gasteiger partial charge in [0.25, 0.3) is 10.0 Å². The Labute approximate surface area is 144 Å². The molecule has 1 amide bonds. The molecule has 2 aromatic rings. The number of likely N-dealkylation sites (N-methyl/N-ethyl adjacent to an activating group) is 1. The van der Waals surface area contributed by atoms with Crippen LogP contribution in [-0.4, -0.2) is 27.9 Å². The second-order valence-electron chi connectivity index (χ2n) is 4.95. The molecule has 1 N–H and O–H groups in total. The third-order valence-corrected chi connectivity index (χ3v) is 5.14. The van der Waals surface area contributed by atoms with Gasteiger partial charge in [-0.15, -0.1) is 6.42 Å². The predicted molar refractivity (Wildman–Crippen MR) is 89.3 cm³/mol. The van der Waals surface area contributed by atoms with E-state index >= 15 is 0 Å². The van der Waals surface area contributed by atoms with Gasteiger partial charge in [0.05, 0.1) is 5.69 Å². The van der Waals surface area contributed by atoms with Gasteiger partial charge in [0, 0.05) is 18.7 Å². The molecular weight excluding hydrogens is 350 g/mol. The molecule has 0 saturated carbocycles. The molecule has 0 fully saturated rings. The zero-order valence-corrected chi connectivity index (χ0v) is 14.0. The van der Waals surface area contributed by atoms with Crippen molar-refractivity contribution in [3.05, 3.63) is 59.7 Å². The topological polar surface area (TPSA) is 66.5 Å². The van der Waals surface area contributed by atoms with Crippen molar-refractivity contribution in [3.63, 3.8) is 0 Å². The normalized spacial score (nSPS) is 10.8. The van der Waals surface area contributed by atoms with E-state index in [9.17, 15) is 22.0 Å². The number of anilines is 1. The summed E-state index contributed by atoms with van der Waals surface area (Å²) in [4.78, 5) is 11.0. The highest BCUT2D eigenvalue weighted by molar-refractivity contribution is 7.92. The lowest BCUT2D eigenvalue weighted by Gasteiger charge is -2.24. The number of rotatable bonds is 5. The largest absolute Gasteiger partial charge is 0.358 e. The number of nitrogens with zero attached hydrogens (tertiary/aromatic N) is 1. The number of carbonyl (C=O) groups is 1. The minimum atomic E-state index is -4.47. The van der Waals surface area contributed by atoms with Crippen LogP contribution in [0.15, 0.2) is 47.4 Å². The molecule has 0 bridgehead atoms. The number of hydrogen-bond acceptors (Lipinski definition) is 3. The summed E-state index contributed by atoms with van der Waals surface area (Å²) in [5.74, 6) is -0.428. The fourth-order valence-electron chi connectivity index (χ4n) is 2.08. The molecule has 0 aliphatic heterocycles. The minimum Gasteiger partial charge on any atom is -0.358 e. The molecule has 0 aliphatic carbocycles. The number of halogens is 2. The standard InChI is InChI=1S/C17H14F2N2O3S/c1-3-12-5-4-6-14(9-12)21(11-17(22)20-2)25(23,24)16-8-7-13(18)10-15(16)19/h1,4-10H,11H2,2H3,(H,20,22). The number of carbonyl (C=O) groups excluding carboxylic acids is 1. The Bertz CT molecular complexity index is 953. The van der Waals surface area contributed by atoms with E-state index in [1.165, 1.54) is 25.2 Å². The summed E-state index contributed by atoms with van der Waals surface area (Å²) in [6.07, 6.45) is 5.31. The van der Waals surface area contributed by atoms with Gasteiger partial charge in [0.2, 0.25) is 5.91 Å². The summed E-state index contributed by atoms with van der Waals surface area (Å²) in [5.41, 5.74) is 0.469. The predicted octanol–water partition coefficient (Wildman–Crippen LogP) is 1.89. The van der Waals surface area contributed by atoms with Crippen LogP contribution in [0.1, 0.15) is 5.56 Å². The highest BCUT2D eigenvalue weighted by Gasteiger charge is 2.29. The van der Waals surface area contributed by atoms with Gasteiger partial charge < -0.3 is 5.32 Å². The lowest BCUT2D eigenvalue weighted by Crippen LogP contribution is -2.40. The SMILES string of the molecule is C#Cc1cccc(N(CC(=O)NC)S(=O)(=O)c2ccc(F)cc2F)c1. The van der Waals surface area contributed by atoms with Crippen molar-refractivity contribution in [1.29, 1.82) is 0 Å². The van der Waals surface area contributed by atoms with E-state index in [1.54, 1.807) is 6.07 Å². The van der Waals surface area contributed by atoms with Crippen molar-refractivity contribution < 1.29 is 22.0 Å². The Hall–Kier alpha value is -2.92. The summed E-state index contributed by atoms with van der Waals surface area (Å²) in [5, 5.41) is 2.30. The van der Waals surface area contributed by atoms with Gasteiger partial charge >= 0.3 is 0 Å². The fourth-order valence-corrected chi connectivity index (χ4v) is 3.54. The number of amides is 1. The van der Waals surface area contributed by atoms with E-state index in [0.29, 0.717) is 15.9 Å². The van der Waals surface area contributed by atoms with Crippen molar-refractivity contribution in [2.24, 2.45) is 0 Å². The van der Waals surface area contributed by atoms with Gasteiger partial charge in [-0.05, 0) is 30.3 Å². The lowest BCUT2D eigenvalue weighted by molar-refractivity contribution is -0.119. The van der Waals surface area contributed by atoms with Crippen molar-refractivity contribution >= 4 is 21.6 Å². The molecule has 8 heteroatoms. The van der Waals surface area contributed by atoms with Crippen LogP contribution in [-0.2, 0) is 14.8 Å². The maximum absolute atomic E-state index is 14.0. The van der Waals surface area contributed by atoms with Gasteiger partial charge in [-0.25, -0.2) is 17.2 Å². The Morgan fingerprint density at radius 1 is 1.24 bits per heavy atom. The monoisotopic (exact) mass is 364 g/mol. The molecule has 0 aromatic heterocycles. The van der Waals surface area contributed by atoms with E-state index in [2.05, 4.69) is 11.2 Å². The third kappa shape index (κ3) is 3.95. The number of nitrogens with one attached hydrogen (secondary N) is 1. The lowest BCUT2D eigenvalue weighted by atomic mass is 10.2. The van der Waals surface area contributed by atoms with Gasteiger partial charge in [-0.3, -0.25) is 9.10 Å². The molecule has 0 heterocycles. The number of hydrogen-bond donors (Lipinski definition) is 1. The van der Waals surface area contributed by atoms with E-state index in [-0.39, 0.29) is 5.69 Å². The summed E-state index contributed by atoms with van der Waals surface area (Å²) in [6.45, 7) is -0.594. The van der Waals surface area contributed by atoms with Crippen LogP contribution in [0.25, 0.3) is 0 Å². The second-order valence-corrected chi connectivity index (χ2v) is 6.78. The molecule has 2 aromatic carbocycles. The average molecular weight is 364 g/mol.